The standard InChI is InChI=1S/C27H30ClN3O2/c1-30(2)14-15-31-26-12-9-21(28)16-20(26)17-24(19-7-10-23(33-3)11-8-19)25(27(31)32)18-22-6-4-5-13-29-22/h4-13,16,24-25H,14-15,17-18H2,1-3H3/t24-,25+/m0/s1. The molecule has 33 heavy (non-hydrogen) atoms. The Hall–Kier alpha value is -2.89. The fourth-order valence-corrected chi connectivity index (χ4v) is 4.75. The van der Waals surface area contributed by atoms with E-state index in [1.165, 1.54) is 0 Å². The van der Waals surface area contributed by atoms with Crippen molar-refractivity contribution in [1.29, 1.82) is 0 Å². The summed E-state index contributed by atoms with van der Waals surface area (Å²) in [5.74, 6) is 0.675. The number of pyridine rings is 1. The Labute approximate surface area is 201 Å². The predicted molar refractivity (Wildman–Crippen MR) is 133 cm³/mol. The van der Waals surface area contributed by atoms with Crippen molar-refractivity contribution in [3.05, 3.63) is 88.7 Å². The first-order valence-electron chi connectivity index (χ1n) is 11.2. The molecule has 1 amide bonds. The van der Waals surface area contributed by atoms with Crippen LogP contribution in [0.15, 0.2) is 66.9 Å². The van der Waals surface area contributed by atoms with Crippen molar-refractivity contribution in [2.75, 3.05) is 39.2 Å². The molecule has 1 aromatic heterocycles. The van der Waals surface area contributed by atoms with Crippen LogP contribution in [-0.4, -0.2) is 50.1 Å². The number of fused-ring (bicyclic) bond motifs is 1. The topological polar surface area (TPSA) is 45.7 Å². The molecule has 2 atom stereocenters. The fourth-order valence-electron chi connectivity index (χ4n) is 4.56. The van der Waals surface area contributed by atoms with Gasteiger partial charge in [-0.15, -0.1) is 0 Å². The van der Waals surface area contributed by atoms with Crippen molar-refractivity contribution in [3.8, 4) is 5.75 Å². The molecule has 1 aliphatic rings. The molecule has 0 saturated carbocycles. The molecule has 172 valence electrons. The molecule has 0 unspecified atom stereocenters. The summed E-state index contributed by atoms with van der Waals surface area (Å²) in [6.07, 6.45) is 3.09. The third-order valence-electron chi connectivity index (χ3n) is 6.31. The Morgan fingerprint density at radius 2 is 1.91 bits per heavy atom. The smallest absolute Gasteiger partial charge is 0.231 e. The van der Waals surface area contributed by atoms with Gasteiger partial charge in [-0.05, 0) is 80.0 Å². The lowest BCUT2D eigenvalue weighted by molar-refractivity contribution is -0.123. The number of nitrogens with zero attached hydrogens (tertiary/aromatic N) is 3. The van der Waals surface area contributed by atoms with Crippen molar-refractivity contribution in [3.63, 3.8) is 0 Å². The van der Waals surface area contributed by atoms with E-state index in [0.717, 1.165) is 41.2 Å². The zero-order chi connectivity index (χ0) is 23.4. The number of likely N-dealkylation sites (N-methyl/N-ethyl adjacent to an activating group) is 1. The van der Waals surface area contributed by atoms with Gasteiger partial charge < -0.3 is 14.5 Å². The number of rotatable bonds is 7. The van der Waals surface area contributed by atoms with Crippen LogP contribution in [0.4, 0.5) is 5.69 Å². The van der Waals surface area contributed by atoms with E-state index in [-0.39, 0.29) is 17.7 Å². The number of benzene rings is 2. The van der Waals surface area contributed by atoms with Gasteiger partial charge in [-0.2, -0.15) is 0 Å². The normalized spacial score (nSPS) is 18.2. The predicted octanol–water partition coefficient (Wildman–Crippen LogP) is 4.84. The van der Waals surface area contributed by atoms with Crippen LogP contribution in [-0.2, 0) is 17.6 Å². The first-order chi connectivity index (χ1) is 16.0. The molecular formula is C27H30ClN3O2. The molecule has 0 bridgehead atoms. The fraction of sp³-hybridized carbons (Fsp3) is 0.333. The highest BCUT2D eigenvalue weighted by Crippen LogP contribution is 2.40. The molecule has 0 radical (unpaired) electrons. The highest BCUT2D eigenvalue weighted by Gasteiger charge is 2.38. The van der Waals surface area contributed by atoms with Gasteiger partial charge in [0.15, 0.2) is 0 Å². The Morgan fingerprint density at radius 1 is 1.12 bits per heavy atom. The average Bonchev–Trinajstić information content (AvgIpc) is 2.93. The van der Waals surface area contributed by atoms with Gasteiger partial charge in [-0.25, -0.2) is 0 Å². The SMILES string of the molecule is COc1ccc([C@@H]2Cc3cc(Cl)ccc3N(CCN(C)C)C(=O)[C@@H]2Cc2ccccn2)cc1. The van der Waals surface area contributed by atoms with Crippen LogP contribution < -0.4 is 9.64 Å². The van der Waals surface area contributed by atoms with E-state index < -0.39 is 0 Å². The number of carbonyl (C=O) groups is 1. The van der Waals surface area contributed by atoms with Crippen molar-refractivity contribution in [1.82, 2.24) is 9.88 Å². The van der Waals surface area contributed by atoms with Gasteiger partial charge in [-0.3, -0.25) is 9.78 Å². The minimum absolute atomic E-state index is 0.00742. The second-order valence-corrected chi connectivity index (χ2v) is 9.22. The van der Waals surface area contributed by atoms with Crippen LogP contribution in [0.5, 0.6) is 5.75 Å². The van der Waals surface area contributed by atoms with Crippen molar-refractivity contribution < 1.29 is 9.53 Å². The molecule has 0 spiro atoms. The van der Waals surface area contributed by atoms with E-state index in [2.05, 4.69) is 22.0 Å². The molecule has 0 aliphatic carbocycles. The van der Waals surface area contributed by atoms with Gasteiger partial charge in [0.1, 0.15) is 5.75 Å². The van der Waals surface area contributed by atoms with E-state index in [0.29, 0.717) is 18.0 Å². The van der Waals surface area contributed by atoms with E-state index in [4.69, 9.17) is 16.3 Å². The highest BCUT2D eigenvalue weighted by atomic mass is 35.5. The minimum Gasteiger partial charge on any atom is -0.497 e. The number of aromatic nitrogens is 1. The lowest BCUT2D eigenvalue weighted by atomic mass is 9.79. The first kappa shape index (κ1) is 23.3. The van der Waals surface area contributed by atoms with Gasteiger partial charge in [-0.1, -0.05) is 29.8 Å². The molecule has 2 aromatic carbocycles. The number of carbonyl (C=O) groups excluding carboxylic acids is 1. The zero-order valence-electron chi connectivity index (χ0n) is 19.4. The average molecular weight is 464 g/mol. The summed E-state index contributed by atoms with van der Waals surface area (Å²) in [6, 6.07) is 19.8. The van der Waals surface area contributed by atoms with Crippen molar-refractivity contribution >= 4 is 23.2 Å². The van der Waals surface area contributed by atoms with E-state index in [9.17, 15) is 4.79 Å². The summed E-state index contributed by atoms with van der Waals surface area (Å²) in [5.41, 5.74) is 4.09. The quantitative estimate of drug-likeness (QED) is 0.503. The molecule has 4 rings (SSSR count). The number of anilines is 1. The molecule has 0 N–H and O–H groups in total. The number of halogens is 1. The Balaban J connectivity index is 1.80. The van der Waals surface area contributed by atoms with Crippen LogP contribution in [0, 0.1) is 5.92 Å². The maximum absolute atomic E-state index is 14.1. The van der Waals surface area contributed by atoms with E-state index in [1.807, 2.05) is 67.5 Å². The summed E-state index contributed by atoms with van der Waals surface area (Å²) < 4.78 is 5.36. The molecule has 6 heteroatoms. The van der Waals surface area contributed by atoms with Gasteiger partial charge in [0.05, 0.1) is 13.0 Å². The van der Waals surface area contributed by atoms with Crippen LogP contribution >= 0.6 is 11.6 Å². The third kappa shape index (κ3) is 5.37. The summed E-state index contributed by atoms with van der Waals surface area (Å²) in [6.45, 7) is 1.39. The number of ether oxygens (including phenoxy) is 1. The molecule has 1 aliphatic heterocycles. The Kier molecular flexibility index (Phi) is 7.31. The number of amides is 1. The van der Waals surface area contributed by atoms with Gasteiger partial charge in [0.2, 0.25) is 5.91 Å². The summed E-state index contributed by atoms with van der Waals surface area (Å²) >= 11 is 6.40. The maximum Gasteiger partial charge on any atom is 0.231 e. The number of hydrogen-bond donors (Lipinski definition) is 0. The van der Waals surface area contributed by atoms with Gasteiger partial charge >= 0.3 is 0 Å². The van der Waals surface area contributed by atoms with Crippen molar-refractivity contribution in [2.45, 2.75) is 18.8 Å². The molecule has 3 aromatic rings. The second-order valence-electron chi connectivity index (χ2n) is 8.78. The first-order valence-corrected chi connectivity index (χ1v) is 11.6. The van der Waals surface area contributed by atoms with Crippen molar-refractivity contribution in [2.24, 2.45) is 5.92 Å². The van der Waals surface area contributed by atoms with Crippen LogP contribution in [0.3, 0.4) is 0 Å². The van der Waals surface area contributed by atoms with Crippen LogP contribution in [0.2, 0.25) is 5.02 Å². The number of methoxy groups -OCH3 is 1. The van der Waals surface area contributed by atoms with E-state index in [1.54, 1.807) is 13.3 Å². The lowest BCUT2D eigenvalue weighted by Gasteiger charge is -2.29. The van der Waals surface area contributed by atoms with Crippen LogP contribution in [0.1, 0.15) is 22.7 Å². The van der Waals surface area contributed by atoms with Crippen LogP contribution in [0.25, 0.3) is 0 Å². The molecule has 5 nitrogen and oxygen atoms in total. The van der Waals surface area contributed by atoms with E-state index >= 15 is 0 Å². The second kappa shape index (κ2) is 10.4. The number of hydrogen-bond acceptors (Lipinski definition) is 4. The molecule has 0 saturated heterocycles. The third-order valence-corrected chi connectivity index (χ3v) is 6.55. The Bertz CT molecular complexity index is 1090. The lowest BCUT2D eigenvalue weighted by Crippen LogP contribution is -2.41. The summed E-state index contributed by atoms with van der Waals surface area (Å²) in [4.78, 5) is 22.7. The highest BCUT2D eigenvalue weighted by molar-refractivity contribution is 6.30. The maximum atomic E-state index is 14.1. The molecule has 0 fully saturated rings. The van der Waals surface area contributed by atoms with Gasteiger partial charge in [0.25, 0.3) is 0 Å². The summed E-state index contributed by atoms with van der Waals surface area (Å²) in [7, 11) is 5.71. The molecule has 2 heterocycles. The molecular weight excluding hydrogens is 434 g/mol. The zero-order valence-corrected chi connectivity index (χ0v) is 20.1. The largest absolute Gasteiger partial charge is 0.497 e. The summed E-state index contributed by atoms with van der Waals surface area (Å²) in [5, 5.41) is 0.686. The van der Waals surface area contributed by atoms with Gasteiger partial charge in [0, 0.05) is 42.1 Å². The Morgan fingerprint density at radius 3 is 2.58 bits per heavy atom. The minimum atomic E-state index is -0.248. The monoisotopic (exact) mass is 463 g/mol.